The van der Waals surface area contributed by atoms with E-state index in [-0.39, 0.29) is 156 Å². The summed E-state index contributed by atoms with van der Waals surface area (Å²) < 4.78 is 42.7. The minimum atomic E-state index is -5.39. The van der Waals surface area contributed by atoms with E-state index < -0.39 is 39.1 Å². The zero-order valence-electron chi connectivity index (χ0n) is 15.3. The first-order valence-corrected chi connectivity index (χ1v) is 11.0. The fourth-order valence-electron chi connectivity index (χ4n) is 0. The molecule has 3 radical (unpaired) electrons. The van der Waals surface area contributed by atoms with Gasteiger partial charge in [0, 0.05) is 0 Å². The summed E-state index contributed by atoms with van der Waals surface area (Å²) in [6, 6.07) is 0. The van der Waals surface area contributed by atoms with Gasteiger partial charge in [-0.1, -0.05) is 0 Å². The van der Waals surface area contributed by atoms with Crippen LogP contribution in [0.3, 0.4) is 0 Å². The molecular formula is Co3Li3Ni3O20P5. The van der Waals surface area contributed by atoms with Crippen LogP contribution in [-0.4, -0.2) is 0 Å². The molecule has 0 heterocycles. The summed E-state index contributed by atoms with van der Waals surface area (Å²) in [5.74, 6) is 0. The van der Waals surface area contributed by atoms with Crippen molar-refractivity contribution in [2.75, 3.05) is 0 Å². The van der Waals surface area contributed by atoms with Gasteiger partial charge in [-0.3, -0.25) is 0 Å². The Morgan fingerprint density at radius 3 is 0.265 bits per heavy atom. The van der Waals surface area contributed by atoms with E-state index in [1.54, 1.807) is 0 Å². The van der Waals surface area contributed by atoms with Crippen molar-refractivity contribution in [3.05, 3.63) is 0 Å². The molecule has 0 rings (SSSR count). The third-order valence-electron chi connectivity index (χ3n) is 0. The molecule has 34 heavy (non-hydrogen) atoms. The molecule has 205 valence electrons. The summed E-state index contributed by atoms with van der Waals surface area (Å²) in [5, 5.41) is 0. The Morgan fingerprint density at radius 1 is 0.265 bits per heavy atom. The molecule has 0 aliphatic rings. The molecule has 0 aromatic carbocycles. The Balaban J connectivity index is -0.0000000115. The third-order valence-corrected chi connectivity index (χ3v) is 0. The molecule has 0 atom stereocenters. The topological polar surface area (TPSA) is 431 Å². The summed E-state index contributed by atoms with van der Waals surface area (Å²) in [7, 11) is -26.9. The van der Waals surface area contributed by atoms with Gasteiger partial charge in [-0.25, -0.2) is 0 Å². The van der Waals surface area contributed by atoms with E-state index in [0.29, 0.717) is 0 Å². The molecule has 0 aliphatic heterocycles. The molecule has 0 aromatic heterocycles. The van der Waals surface area contributed by atoms with Gasteiger partial charge in [0.1, 0.15) is 0 Å². The molecule has 0 N–H and O–H groups in total. The predicted octanol–water partition coefficient (Wildman–Crippen LogP) is -23.1. The molecule has 20 nitrogen and oxygen atoms in total. The van der Waals surface area contributed by atoms with Crippen LogP contribution in [0.25, 0.3) is 0 Å². The Hall–Kier alpha value is 5.34. The zero-order valence-corrected chi connectivity index (χ0v) is 25.9. The second-order valence-electron chi connectivity index (χ2n) is 2.24. The minimum absolute atomic E-state index is 0. The van der Waals surface area contributed by atoms with Gasteiger partial charge in [0.25, 0.3) is 0 Å². The van der Waals surface area contributed by atoms with Crippen molar-refractivity contribution in [1.29, 1.82) is 0 Å². The van der Waals surface area contributed by atoms with Crippen LogP contribution in [0.15, 0.2) is 0 Å². The second kappa shape index (κ2) is 42.8. The molecule has 0 saturated carbocycles. The van der Waals surface area contributed by atoms with Crippen molar-refractivity contribution >= 4 is 39.1 Å². The Labute approximate surface area is 288 Å². The van der Waals surface area contributed by atoms with Crippen LogP contribution in [-0.2, 0) is 123 Å². The van der Waals surface area contributed by atoms with Gasteiger partial charge in [-0.2, -0.15) is 39.1 Å². The van der Waals surface area contributed by atoms with Gasteiger partial charge in [0.15, 0.2) is 0 Å². The first-order valence-electron chi connectivity index (χ1n) is 3.65. The van der Waals surface area contributed by atoms with Crippen LogP contribution in [0, 0.1) is 0 Å². The van der Waals surface area contributed by atoms with Crippen LogP contribution in [0.2, 0.25) is 0 Å². The third kappa shape index (κ3) is 1730. The van der Waals surface area contributed by atoms with E-state index in [2.05, 4.69) is 0 Å². The normalized spacial score (nSPS) is 8.68. The summed E-state index contributed by atoms with van der Waals surface area (Å²) in [4.78, 5) is 128. The molecule has 0 spiro atoms. The van der Waals surface area contributed by atoms with E-state index in [1.165, 1.54) is 0 Å². The maximum Gasteiger partial charge on any atom is 2.00 e. The average molecular weight is 849 g/mol. The van der Waals surface area contributed by atoms with Crippen molar-refractivity contribution in [2.45, 2.75) is 0 Å². The minimum Gasteiger partial charge on any atom is -0.822 e. The van der Waals surface area contributed by atoms with Gasteiger partial charge >= 0.3 is 156 Å². The van der Waals surface area contributed by atoms with Gasteiger partial charge in [0.2, 0.25) is 0 Å². The Kier molecular flexibility index (Phi) is 113. The molecule has 0 amide bonds. The number of hydrogen-bond donors (Lipinski definition) is 0. The Bertz CT molecular complexity index is 408. The van der Waals surface area contributed by atoms with Gasteiger partial charge in [-0.05, 0) is 0 Å². The summed E-state index contributed by atoms with van der Waals surface area (Å²) in [5.41, 5.74) is 0. The van der Waals surface area contributed by atoms with Crippen LogP contribution in [0.4, 0.5) is 0 Å². The molecule has 0 aliphatic carbocycles. The second-order valence-corrected chi connectivity index (χ2v) is 6.71. The van der Waals surface area contributed by atoms with Crippen molar-refractivity contribution in [2.24, 2.45) is 0 Å². The first-order chi connectivity index (χ1) is 10.0. The van der Waals surface area contributed by atoms with Gasteiger partial charge in [0.05, 0.1) is 0 Å². The SMILES string of the molecule is O=P([O-])([O-])[O-].O=P([O-])([O-])[O-].O=P([O-])([O-])[O-].O=P([O-])([O-])[O-].O=P([O-])([O-])[O-].[Co+2].[Co+2].[Co+2].[Li+].[Li+].[Li+].[Ni+2].[Ni+2].[Ni+2]. The molecule has 0 saturated heterocycles. The fraction of sp³-hybridized carbons (Fsp3) is 0. The average Bonchev–Trinajstić information content (AvgIpc) is 1.79. The van der Waals surface area contributed by atoms with Crippen LogP contribution < -0.4 is 130 Å². The monoisotopic (exact) mass is 846 g/mol. The van der Waals surface area contributed by atoms with Crippen molar-refractivity contribution in [3.63, 3.8) is 0 Å². The molecule has 0 aromatic rings. The number of rotatable bonds is 0. The molecular weight excluding hydrogens is 849 g/mol. The van der Waals surface area contributed by atoms with Crippen LogP contribution >= 0.6 is 39.1 Å². The summed E-state index contributed by atoms with van der Waals surface area (Å²) in [6.07, 6.45) is 0. The maximum absolute atomic E-state index is 8.55. The van der Waals surface area contributed by atoms with Gasteiger partial charge in [-0.15, -0.1) is 0 Å². The van der Waals surface area contributed by atoms with E-state index in [0.717, 1.165) is 0 Å². The van der Waals surface area contributed by atoms with Crippen molar-refractivity contribution < 1.29 is 253 Å². The summed E-state index contributed by atoms with van der Waals surface area (Å²) >= 11 is 0. The smallest absolute Gasteiger partial charge is 0.822 e. The van der Waals surface area contributed by atoms with Crippen molar-refractivity contribution in [3.8, 4) is 0 Å². The molecule has 0 bridgehead atoms. The first kappa shape index (κ1) is 90.1. The molecule has 0 fully saturated rings. The van der Waals surface area contributed by atoms with E-state index in [1.807, 2.05) is 0 Å². The molecule has 0 unspecified atom stereocenters. The standard InChI is InChI=1S/3Co.3Li.3Ni.5H3O4P/c;;;;;;;;;5*1-5(2,3)4/h;;;;;;;;;5*(H3,1,2,3,4)/q3*+2;3*+1;3*+2;;;;;/p-15. The number of phosphoric acid groups is 5. The zero-order chi connectivity index (χ0) is 22.5. The largest absolute Gasteiger partial charge is 2.00 e. The van der Waals surface area contributed by atoms with E-state index in [4.69, 9.17) is 96.2 Å². The van der Waals surface area contributed by atoms with Crippen molar-refractivity contribution in [1.82, 2.24) is 0 Å². The predicted molar refractivity (Wildman–Crippen MR) is 38.0 cm³/mol. The van der Waals surface area contributed by atoms with Crippen LogP contribution in [0.5, 0.6) is 0 Å². The number of hydrogen-bond acceptors (Lipinski definition) is 20. The Morgan fingerprint density at radius 2 is 0.265 bits per heavy atom. The van der Waals surface area contributed by atoms with E-state index in [9.17, 15) is 0 Å². The molecule has 34 heteroatoms. The van der Waals surface area contributed by atoms with Crippen LogP contribution in [0.1, 0.15) is 0 Å². The van der Waals surface area contributed by atoms with E-state index >= 15 is 0 Å². The van der Waals surface area contributed by atoms with Gasteiger partial charge < -0.3 is 96.2 Å². The summed E-state index contributed by atoms with van der Waals surface area (Å²) in [6.45, 7) is 0. The fourth-order valence-corrected chi connectivity index (χ4v) is 0. The quantitative estimate of drug-likeness (QED) is 0.161. The maximum atomic E-state index is 8.55.